The number of rotatable bonds is 2. The zero-order chi connectivity index (χ0) is 28.9. The number of hydrogen-bond acceptors (Lipinski definition) is 6. The quantitative estimate of drug-likeness (QED) is 0.250. The first-order valence-corrected chi connectivity index (χ1v) is 14.7. The van der Waals surface area contributed by atoms with E-state index in [1.807, 2.05) is 84.1 Å². The number of likely N-dealkylation sites (N-methyl/N-ethyl adjacent to an activating group) is 2. The minimum absolute atomic E-state index is 0.0266. The lowest BCUT2D eigenvalue weighted by Gasteiger charge is -2.29. The maximum Gasteiger partial charge on any atom is 0.267 e. The Morgan fingerprint density at radius 2 is 1.59 bits per heavy atom. The van der Waals surface area contributed by atoms with Crippen LogP contribution >= 0.6 is 23.5 Å². The number of carbonyl (C=O) groups excluding carboxylic acids is 1. The van der Waals surface area contributed by atoms with Crippen LogP contribution in [-0.2, 0) is 4.79 Å². The number of para-hydroxylation sites is 1. The fourth-order valence-corrected chi connectivity index (χ4v) is 6.28. The standard InChI is InChI=1S/C24H21N3O2S2.2C3H6.C2H6/c1-3-27-23(29)22(20-14-26(2)17-10-6-7-11-19(17)30-20)31-24(27)25-21-16-9-5-4-8-15(16)12-13-18(21)28;2*1-3-2;1-2/h4-13,28H,3,14H2,1-2H3;2*3H,1H2,2H3;1-2H3/b22-20-,25-24?;;;. The van der Waals surface area contributed by atoms with Crippen molar-refractivity contribution in [3.8, 4) is 5.75 Å². The molecule has 0 saturated carbocycles. The van der Waals surface area contributed by atoms with E-state index in [9.17, 15) is 9.90 Å². The number of anilines is 1. The van der Waals surface area contributed by atoms with Gasteiger partial charge >= 0.3 is 0 Å². The van der Waals surface area contributed by atoms with Crippen molar-refractivity contribution in [3.63, 3.8) is 0 Å². The van der Waals surface area contributed by atoms with E-state index in [1.54, 1.807) is 34.9 Å². The van der Waals surface area contributed by atoms with Crippen LogP contribution in [0.1, 0.15) is 34.6 Å². The number of phenols is 1. The number of hydrogen-bond donors (Lipinski definition) is 1. The van der Waals surface area contributed by atoms with E-state index in [0.717, 1.165) is 20.6 Å². The second-order valence-corrected chi connectivity index (χ2v) is 10.3. The van der Waals surface area contributed by atoms with Crippen LogP contribution in [0.15, 0.2) is 106 Å². The van der Waals surface area contributed by atoms with E-state index < -0.39 is 0 Å². The zero-order valence-corrected chi connectivity index (χ0v) is 25.4. The molecule has 1 fully saturated rings. The van der Waals surface area contributed by atoms with Gasteiger partial charge in [0.05, 0.1) is 17.1 Å². The minimum atomic E-state index is -0.0266. The zero-order valence-electron chi connectivity index (χ0n) is 23.8. The molecular formula is C32H39N3O2S2. The van der Waals surface area contributed by atoms with E-state index in [4.69, 9.17) is 4.99 Å². The third-order valence-electron chi connectivity index (χ3n) is 5.41. The molecule has 1 amide bonds. The normalized spacial score (nSPS) is 16.8. The highest BCUT2D eigenvalue weighted by Gasteiger charge is 2.36. The van der Waals surface area contributed by atoms with Gasteiger partial charge in [-0.1, -0.05) is 80.2 Å². The monoisotopic (exact) mass is 561 g/mol. The highest BCUT2D eigenvalue weighted by atomic mass is 32.2. The van der Waals surface area contributed by atoms with Gasteiger partial charge in [-0.25, -0.2) is 4.99 Å². The summed E-state index contributed by atoms with van der Waals surface area (Å²) in [5.41, 5.74) is 1.67. The van der Waals surface area contributed by atoms with E-state index in [-0.39, 0.29) is 11.7 Å². The fraction of sp³-hybridized carbons (Fsp3) is 0.250. The van der Waals surface area contributed by atoms with Crippen LogP contribution in [0.25, 0.3) is 10.8 Å². The summed E-state index contributed by atoms with van der Waals surface area (Å²) in [4.78, 5) is 24.8. The molecule has 2 aliphatic heterocycles. The number of benzene rings is 3. The van der Waals surface area contributed by atoms with Gasteiger partial charge in [0.15, 0.2) is 5.17 Å². The Balaban J connectivity index is 0.000000602. The molecule has 7 heteroatoms. The molecule has 0 unspecified atom stereocenters. The summed E-state index contributed by atoms with van der Waals surface area (Å²) in [6.45, 7) is 17.6. The molecule has 0 spiro atoms. The number of amidine groups is 1. The summed E-state index contributed by atoms with van der Waals surface area (Å²) < 4.78 is 0. The van der Waals surface area contributed by atoms with E-state index in [0.29, 0.717) is 28.8 Å². The van der Waals surface area contributed by atoms with Crippen molar-refractivity contribution in [1.29, 1.82) is 0 Å². The van der Waals surface area contributed by atoms with Gasteiger partial charge in [0.2, 0.25) is 0 Å². The molecule has 1 saturated heterocycles. The van der Waals surface area contributed by atoms with Crippen molar-refractivity contribution in [2.45, 2.75) is 39.5 Å². The molecule has 0 radical (unpaired) electrons. The van der Waals surface area contributed by atoms with Gasteiger partial charge in [0.25, 0.3) is 5.91 Å². The number of amides is 1. The molecule has 39 heavy (non-hydrogen) atoms. The van der Waals surface area contributed by atoms with Crippen LogP contribution in [0.2, 0.25) is 0 Å². The maximum absolute atomic E-state index is 13.3. The summed E-state index contributed by atoms with van der Waals surface area (Å²) in [7, 11) is 2.05. The van der Waals surface area contributed by atoms with Gasteiger partial charge in [0.1, 0.15) is 11.4 Å². The van der Waals surface area contributed by atoms with E-state index in [2.05, 4.69) is 30.2 Å². The summed E-state index contributed by atoms with van der Waals surface area (Å²) in [5.74, 6) is 0.0818. The van der Waals surface area contributed by atoms with Gasteiger partial charge in [-0.3, -0.25) is 9.69 Å². The number of thioether (sulfide) groups is 2. The predicted octanol–water partition coefficient (Wildman–Crippen LogP) is 8.99. The van der Waals surface area contributed by atoms with Crippen LogP contribution in [-0.4, -0.2) is 41.2 Å². The first kappa shape index (κ1) is 31.8. The lowest BCUT2D eigenvalue weighted by molar-refractivity contribution is -0.122. The topological polar surface area (TPSA) is 56.1 Å². The summed E-state index contributed by atoms with van der Waals surface area (Å²) in [5, 5.41) is 13.0. The molecule has 0 aromatic heterocycles. The van der Waals surface area contributed by atoms with Crippen LogP contribution < -0.4 is 4.90 Å². The maximum atomic E-state index is 13.3. The fourth-order valence-electron chi connectivity index (χ4n) is 3.84. The Kier molecular flexibility index (Phi) is 12.9. The molecule has 2 aliphatic rings. The number of aliphatic imine (C=N–C) groups is 1. The first-order valence-electron chi connectivity index (χ1n) is 13.0. The Bertz CT molecular complexity index is 1360. The van der Waals surface area contributed by atoms with Crippen molar-refractivity contribution in [3.05, 3.63) is 95.8 Å². The molecule has 1 N–H and O–H groups in total. The molecule has 0 aliphatic carbocycles. The smallest absolute Gasteiger partial charge is 0.267 e. The molecular weight excluding hydrogens is 523 g/mol. The number of allylic oxidation sites excluding steroid dienone is 2. The average Bonchev–Trinajstić information content (AvgIpc) is 3.27. The van der Waals surface area contributed by atoms with Crippen molar-refractivity contribution in [2.75, 3.05) is 25.0 Å². The van der Waals surface area contributed by atoms with E-state index in [1.165, 1.54) is 17.4 Å². The molecule has 3 aromatic rings. The first-order chi connectivity index (χ1) is 18.9. The van der Waals surface area contributed by atoms with Gasteiger partial charge in [-0.05, 0) is 56.1 Å². The number of nitrogens with zero attached hydrogens (tertiary/aromatic N) is 3. The Morgan fingerprint density at radius 1 is 0.974 bits per heavy atom. The number of phenolic OH excluding ortho intramolecular Hbond substituents is 1. The average molecular weight is 562 g/mol. The highest BCUT2D eigenvalue weighted by Crippen LogP contribution is 2.46. The Labute approximate surface area is 242 Å². The second kappa shape index (κ2) is 15.9. The van der Waals surface area contributed by atoms with Gasteiger partial charge < -0.3 is 10.0 Å². The van der Waals surface area contributed by atoms with Crippen LogP contribution in [0.4, 0.5) is 11.4 Å². The Morgan fingerprint density at radius 3 is 2.26 bits per heavy atom. The third-order valence-corrected chi connectivity index (χ3v) is 7.80. The van der Waals surface area contributed by atoms with Crippen molar-refractivity contribution < 1.29 is 9.90 Å². The molecule has 0 atom stereocenters. The highest BCUT2D eigenvalue weighted by molar-refractivity contribution is 8.19. The molecule has 5 rings (SSSR count). The minimum Gasteiger partial charge on any atom is -0.506 e. The van der Waals surface area contributed by atoms with Crippen molar-refractivity contribution >= 4 is 56.7 Å². The van der Waals surface area contributed by atoms with Crippen molar-refractivity contribution in [2.24, 2.45) is 4.99 Å². The Hall–Kier alpha value is -3.42. The summed E-state index contributed by atoms with van der Waals surface area (Å²) in [6, 6.07) is 19.6. The van der Waals surface area contributed by atoms with Gasteiger partial charge in [0, 0.05) is 28.8 Å². The van der Waals surface area contributed by atoms with Crippen LogP contribution in [0, 0.1) is 0 Å². The largest absolute Gasteiger partial charge is 0.506 e. The molecule has 206 valence electrons. The second-order valence-electron chi connectivity index (χ2n) is 8.19. The molecule has 5 nitrogen and oxygen atoms in total. The SMILES string of the molecule is C=CC.C=CC.CC.CCN1C(=O)/C(=C2\CN(C)c3ccccc3S2)SC1=Nc1c(O)ccc2ccccc12. The summed E-state index contributed by atoms with van der Waals surface area (Å²) in [6.07, 6.45) is 3.50. The van der Waals surface area contributed by atoms with Gasteiger partial charge in [-0.15, -0.1) is 13.2 Å². The summed E-state index contributed by atoms with van der Waals surface area (Å²) >= 11 is 3.05. The van der Waals surface area contributed by atoms with Crippen molar-refractivity contribution in [1.82, 2.24) is 4.90 Å². The third kappa shape index (κ3) is 7.58. The van der Waals surface area contributed by atoms with Crippen LogP contribution in [0.3, 0.4) is 0 Å². The molecule has 3 aromatic carbocycles. The number of aromatic hydroxyl groups is 1. The number of carbonyl (C=O) groups is 1. The predicted molar refractivity (Wildman–Crippen MR) is 173 cm³/mol. The molecule has 0 bridgehead atoms. The number of fused-ring (bicyclic) bond motifs is 2. The van der Waals surface area contributed by atoms with Crippen LogP contribution in [0.5, 0.6) is 5.75 Å². The lowest BCUT2D eigenvalue weighted by Crippen LogP contribution is -2.29. The molecule has 2 heterocycles. The lowest BCUT2D eigenvalue weighted by atomic mass is 10.1. The van der Waals surface area contributed by atoms with Gasteiger partial charge in [-0.2, -0.15) is 0 Å². The van der Waals surface area contributed by atoms with E-state index >= 15 is 0 Å².